The lowest BCUT2D eigenvalue weighted by atomic mass is 10.0. The van der Waals surface area contributed by atoms with E-state index in [2.05, 4.69) is 5.16 Å². The van der Waals surface area contributed by atoms with Crippen molar-refractivity contribution in [2.24, 2.45) is 5.16 Å². The Kier molecular flexibility index (Phi) is 3.94. The minimum atomic E-state index is -0.508. The number of nitrogens with zero attached hydrogens (tertiary/aromatic N) is 2. The van der Waals surface area contributed by atoms with E-state index in [0.717, 1.165) is 13.1 Å². The van der Waals surface area contributed by atoms with Crippen LogP contribution in [0.25, 0.3) is 0 Å². The third kappa shape index (κ3) is 2.81. The maximum atomic E-state index is 13.2. The van der Waals surface area contributed by atoms with E-state index in [1.807, 2.05) is 18.7 Å². The summed E-state index contributed by atoms with van der Waals surface area (Å²) in [6.07, 6.45) is 1.71. The molecule has 5 heteroatoms. The molecule has 1 aliphatic rings. The van der Waals surface area contributed by atoms with Gasteiger partial charge in [-0.05, 0) is 26.0 Å². The first-order valence-corrected chi connectivity index (χ1v) is 6.17. The lowest BCUT2D eigenvalue weighted by Crippen LogP contribution is -2.19. The van der Waals surface area contributed by atoms with Gasteiger partial charge in [0.2, 0.25) is 0 Å². The van der Waals surface area contributed by atoms with Crippen molar-refractivity contribution < 1.29 is 14.0 Å². The van der Waals surface area contributed by atoms with Crippen molar-refractivity contribution in [3.8, 4) is 0 Å². The van der Waals surface area contributed by atoms with Gasteiger partial charge in [0.25, 0.3) is 0 Å². The van der Waals surface area contributed by atoms with E-state index in [1.165, 1.54) is 12.1 Å². The Labute approximate surface area is 111 Å². The highest BCUT2D eigenvalue weighted by Crippen LogP contribution is 2.19. The minimum absolute atomic E-state index is 0.356. The van der Waals surface area contributed by atoms with Gasteiger partial charge in [-0.3, -0.25) is 0 Å². The number of hydrogen-bond donors (Lipinski definition) is 0. The van der Waals surface area contributed by atoms with Crippen molar-refractivity contribution in [1.29, 1.82) is 0 Å². The Morgan fingerprint density at radius 3 is 2.74 bits per heavy atom. The number of carbonyl (C=O) groups excluding carboxylic acids is 1. The Bertz CT molecular complexity index is 548. The van der Waals surface area contributed by atoms with Crippen LogP contribution >= 0.6 is 0 Å². The van der Waals surface area contributed by atoms with Crippen LogP contribution in [0.5, 0.6) is 0 Å². The predicted molar refractivity (Wildman–Crippen MR) is 70.0 cm³/mol. The highest BCUT2D eigenvalue weighted by atomic mass is 19.1. The first kappa shape index (κ1) is 13.3. The van der Waals surface area contributed by atoms with Crippen LogP contribution in [0.2, 0.25) is 0 Å². The zero-order chi connectivity index (χ0) is 13.8. The van der Waals surface area contributed by atoms with Crippen molar-refractivity contribution in [3.05, 3.63) is 47.4 Å². The predicted octanol–water partition coefficient (Wildman–Crippen LogP) is 2.31. The average molecular weight is 262 g/mol. The molecule has 0 spiro atoms. The molecule has 0 saturated heterocycles. The molecule has 0 radical (unpaired) electrons. The second kappa shape index (κ2) is 5.65. The Morgan fingerprint density at radius 1 is 1.37 bits per heavy atom. The molecule has 100 valence electrons. The van der Waals surface area contributed by atoms with Crippen molar-refractivity contribution in [3.63, 3.8) is 0 Å². The number of rotatable bonds is 4. The molecule has 0 bridgehead atoms. The third-order valence-corrected chi connectivity index (χ3v) is 2.92. The zero-order valence-electron chi connectivity index (χ0n) is 10.9. The maximum absolute atomic E-state index is 13.2. The fraction of sp³-hybridized carbons (Fsp3) is 0.286. The van der Waals surface area contributed by atoms with Gasteiger partial charge in [-0.1, -0.05) is 17.3 Å². The molecule has 0 aliphatic carbocycles. The Morgan fingerprint density at radius 2 is 2.11 bits per heavy atom. The quantitative estimate of drug-likeness (QED) is 0.617. The van der Waals surface area contributed by atoms with Gasteiger partial charge in [-0.2, -0.15) is 0 Å². The summed E-state index contributed by atoms with van der Waals surface area (Å²) in [5, 5.41) is 3.74. The van der Waals surface area contributed by atoms with Gasteiger partial charge in [-0.15, -0.1) is 0 Å². The topological polar surface area (TPSA) is 41.9 Å². The fourth-order valence-electron chi connectivity index (χ4n) is 1.83. The summed E-state index contributed by atoms with van der Waals surface area (Å²) in [5.41, 5.74) is 1.26. The highest BCUT2D eigenvalue weighted by Gasteiger charge is 2.27. The van der Waals surface area contributed by atoms with Gasteiger partial charge in [-0.25, -0.2) is 9.18 Å². The largest absolute Gasteiger partial charge is 0.377 e. The molecule has 0 N–H and O–H groups in total. The van der Waals surface area contributed by atoms with Gasteiger partial charge in [0, 0.05) is 24.9 Å². The standard InChI is InChI=1S/C14H15FN2O2/c1-3-17(4-2)9-12-13(16-19-14(12)18)10-6-5-7-11(15)8-10/h5-9H,3-4H2,1-2H3. The molecule has 0 saturated carbocycles. The van der Waals surface area contributed by atoms with Crippen LogP contribution in [-0.2, 0) is 9.63 Å². The smallest absolute Gasteiger partial charge is 0.369 e. The first-order valence-electron chi connectivity index (χ1n) is 6.17. The van der Waals surface area contributed by atoms with Crippen molar-refractivity contribution in [1.82, 2.24) is 4.90 Å². The van der Waals surface area contributed by atoms with Gasteiger partial charge in [0.05, 0.1) is 0 Å². The summed E-state index contributed by atoms with van der Waals surface area (Å²) in [6.45, 7) is 5.51. The molecule has 0 atom stereocenters. The van der Waals surface area contributed by atoms with Crippen molar-refractivity contribution in [2.75, 3.05) is 13.1 Å². The Hall–Kier alpha value is -2.17. The molecule has 19 heavy (non-hydrogen) atoms. The monoisotopic (exact) mass is 262 g/mol. The molecule has 1 aliphatic heterocycles. The van der Waals surface area contributed by atoms with E-state index in [-0.39, 0.29) is 5.82 Å². The third-order valence-electron chi connectivity index (χ3n) is 2.92. The maximum Gasteiger partial charge on any atom is 0.369 e. The fourth-order valence-corrected chi connectivity index (χ4v) is 1.83. The van der Waals surface area contributed by atoms with Gasteiger partial charge in [0.15, 0.2) is 0 Å². The summed E-state index contributed by atoms with van der Waals surface area (Å²) in [7, 11) is 0. The molecule has 0 amide bonds. The first-order chi connectivity index (χ1) is 9.15. The molecular formula is C14H15FN2O2. The van der Waals surface area contributed by atoms with Crippen molar-refractivity contribution in [2.45, 2.75) is 13.8 Å². The molecule has 2 rings (SSSR count). The molecule has 1 heterocycles. The number of benzene rings is 1. The molecule has 0 aromatic heterocycles. The van der Waals surface area contributed by atoms with E-state index in [0.29, 0.717) is 16.8 Å². The van der Waals surface area contributed by atoms with Crippen LogP contribution in [-0.4, -0.2) is 29.7 Å². The van der Waals surface area contributed by atoms with Crippen LogP contribution < -0.4 is 0 Å². The van der Waals surface area contributed by atoms with Crippen LogP contribution in [0.3, 0.4) is 0 Å². The van der Waals surface area contributed by atoms with E-state index < -0.39 is 5.97 Å². The van der Waals surface area contributed by atoms with Crippen LogP contribution in [0, 0.1) is 5.82 Å². The number of oxime groups is 1. The normalized spacial score (nSPS) is 16.5. The summed E-state index contributed by atoms with van der Waals surface area (Å²) in [4.78, 5) is 18.3. The molecule has 0 unspecified atom stereocenters. The van der Waals surface area contributed by atoms with E-state index in [1.54, 1.807) is 18.3 Å². The molecule has 0 fully saturated rings. The van der Waals surface area contributed by atoms with E-state index >= 15 is 0 Å². The van der Waals surface area contributed by atoms with Crippen LogP contribution in [0.15, 0.2) is 41.2 Å². The van der Waals surface area contributed by atoms with Gasteiger partial charge < -0.3 is 9.74 Å². The second-order valence-corrected chi connectivity index (χ2v) is 4.09. The molecule has 4 nitrogen and oxygen atoms in total. The summed E-state index contributed by atoms with van der Waals surface area (Å²) in [5.74, 6) is -0.882. The second-order valence-electron chi connectivity index (χ2n) is 4.09. The van der Waals surface area contributed by atoms with Crippen molar-refractivity contribution >= 4 is 11.7 Å². The highest BCUT2D eigenvalue weighted by molar-refractivity contribution is 6.28. The summed E-state index contributed by atoms with van der Waals surface area (Å²) in [6, 6.07) is 5.94. The summed E-state index contributed by atoms with van der Waals surface area (Å²) >= 11 is 0. The number of hydrogen-bond acceptors (Lipinski definition) is 4. The van der Waals surface area contributed by atoms with Gasteiger partial charge in [0.1, 0.15) is 17.1 Å². The van der Waals surface area contributed by atoms with Crippen LogP contribution in [0.4, 0.5) is 4.39 Å². The summed E-state index contributed by atoms with van der Waals surface area (Å²) < 4.78 is 13.2. The van der Waals surface area contributed by atoms with E-state index in [9.17, 15) is 9.18 Å². The average Bonchev–Trinajstić information content (AvgIpc) is 2.77. The van der Waals surface area contributed by atoms with Crippen LogP contribution in [0.1, 0.15) is 19.4 Å². The number of carbonyl (C=O) groups is 1. The Balaban J connectivity index is 2.37. The lowest BCUT2D eigenvalue weighted by Gasteiger charge is -2.15. The molecular weight excluding hydrogens is 247 g/mol. The lowest BCUT2D eigenvalue weighted by molar-refractivity contribution is -0.136. The zero-order valence-corrected chi connectivity index (χ0v) is 10.9. The van der Waals surface area contributed by atoms with E-state index in [4.69, 9.17) is 4.84 Å². The number of halogens is 1. The molecule has 1 aromatic carbocycles. The SMILES string of the molecule is CCN(C=C1C(=O)ON=C1c1cccc(F)c1)CC. The minimum Gasteiger partial charge on any atom is -0.377 e. The molecule has 1 aromatic rings. The van der Waals surface area contributed by atoms with Gasteiger partial charge >= 0.3 is 5.97 Å².